The monoisotopic (exact) mass is 415 g/mol. The van der Waals surface area contributed by atoms with E-state index in [2.05, 4.69) is 20.1 Å². The van der Waals surface area contributed by atoms with Gasteiger partial charge in [-0.2, -0.15) is 5.10 Å². The SMILES string of the molecule is Cc1nn(Cc2cc3nccc(C)c3c(=O)n2-c2ccccc2F)c2ncnc(N)c12. The fourth-order valence-corrected chi connectivity index (χ4v) is 3.92. The van der Waals surface area contributed by atoms with Gasteiger partial charge < -0.3 is 5.73 Å². The second-order valence-electron chi connectivity index (χ2n) is 7.32. The van der Waals surface area contributed by atoms with Gasteiger partial charge in [0.25, 0.3) is 5.56 Å². The summed E-state index contributed by atoms with van der Waals surface area (Å²) in [5, 5.41) is 5.63. The van der Waals surface area contributed by atoms with Crippen LogP contribution in [0, 0.1) is 19.7 Å². The molecular formula is C22H18FN7O. The quantitative estimate of drug-likeness (QED) is 0.486. The van der Waals surface area contributed by atoms with Crippen LogP contribution in [0.3, 0.4) is 0 Å². The number of pyridine rings is 2. The first-order chi connectivity index (χ1) is 15.0. The zero-order valence-electron chi connectivity index (χ0n) is 16.9. The van der Waals surface area contributed by atoms with Gasteiger partial charge in [-0.15, -0.1) is 0 Å². The molecule has 4 aromatic heterocycles. The highest BCUT2D eigenvalue weighted by atomic mass is 19.1. The number of halogens is 1. The molecule has 154 valence electrons. The van der Waals surface area contributed by atoms with Crippen LogP contribution in [0.5, 0.6) is 0 Å². The van der Waals surface area contributed by atoms with E-state index in [0.717, 1.165) is 5.56 Å². The lowest BCUT2D eigenvalue weighted by molar-refractivity contribution is 0.605. The summed E-state index contributed by atoms with van der Waals surface area (Å²) < 4.78 is 17.8. The second-order valence-corrected chi connectivity index (χ2v) is 7.32. The number of aromatic nitrogens is 6. The van der Waals surface area contributed by atoms with Gasteiger partial charge in [-0.05, 0) is 43.7 Å². The van der Waals surface area contributed by atoms with Crippen LogP contribution < -0.4 is 11.3 Å². The van der Waals surface area contributed by atoms with Crippen LogP contribution in [0.2, 0.25) is 0 Å². The molecule has 0 unspecified atom stereocenters. The molecule has 0 amide bonds. The van der Waals surface area contributed by atoms with Crippen molar-refractivity contribution in [2.45, 2.75) is 20.4 Å². The Morgan fingerprint density at radius 1 is 1.06 bits per heavy atom. The molecule has 4 heterocycles. The van der Waals surface area contributed by atoms with Crippen LogP contribution in [-0.2, 0) is 6.54 Å². The van der Waals surface area contributed by atoms with E-state index >= 15 is 0 Å². The lowest BCUT2D eigenvalue weighted by Gasteiger charge is -2.16. The van der Waals surface area contributed by atoms with Crippen molar-refractivity contribution in [3.05, 3.63) is 82.0 Å². The van der Waals surface area contributed by atoms with E-state index in [-0.39, 0.29) is 17.8 Å². The molecule has 2 N–H and O–H groups in total. The van der Waals surface area contributed by atoms with Gasteiger partial charge in [0.05, 0.1) is 39.9 Å². The summed E-state index contributed by atoms with van der Waals surface area (Å²) in [5.41, 5.74) is 8.85. The molecule has 0 atom stereocenters. The summed E-state index contributed by atoms with van der Waals surface area (Å²) in [5.74, 6) is -0.170. The first-order valence-electron chi connectivity index (χ1n) is 9.64. The van der Waals surface area contributed by atoms with E-state index in [9.17, 15) is 9.18 Å². The minimum atomic E-state index is -0.500. The first kappa shape index (κ1) is 18.9. The average molecular weight is 415 g/mol. The molecule has 0 radical (unpaired) electrons. The van der Waals surface area contributed by atoms with Crippen LogP contribution in [0.4, 0.5) is 10.2 Å². The fourth-order valence-electron chi connectivity index (χ4n) is 3.92. The highest BCUT2D eigenvalue weighted by Crippen LogP contribution is 2.23. The lowest BCUT2D eigenvalue weighted by Crippen LogP contribution is -2.25. The number of para-hydroxylation sites is 1. The van der Waals surface area contributed by atoms with Crippen molar-refractivity contribution in [3.63, 3.8) is 0 Å². The zero-order chi connectivity index (χ0) is 21.7. The maximum Gasteiger partial charge on any atom is 0.265 e. The van der Waals surface area contributed by atoms with E-state index in [1.54, 1.807) is 41.2 Å². The third-order valence-electron chi connectivity index (χ3n) is 5.33. The summed E-state index contributed by atoms with van der Waals surface area (Å²) in [6.45, 7) is 3.81. The summed E-state index contributed by atoms with van der Waals surface area (Å²) in [4.78, 5) is 26.2. The van der Waals surface area contributed by atoms with Gasteiger partial charge >= 0.3 is 0 Å². The number of nitrogens with zero attached hydrogens (tertiary/aromatic N) is 6. The smallest absolute Gasteiger partial charge is 0.265 e. The Labute approximate surface area is 175 Å². The zero-order valence-corrected chi connectivity index (χ0v) is 16.9. The van der Waals surface area contributed by atoms with Gasteiger partial charge in [0.2, 0.25) is 0 Å². The molecule has 31 heavy (non-hydrogen) atoms. The van der Waals surface area contributed by atoms with Crippen molar-refractivity contribution in [1.29, 1.82) is 0 Å². The molecule has 0 saturated heterocycles. The summed E-state index contributed by atoms with van der Waals surface area (Å²) >= 11 is 0. The number of rotatable bonds is 3. The summed E-state index contributed by atoms with van der Waals surface area (Å²) in [6.07, 6.45) is 3.01. The van der Waals surface area contributed by atoms with Gasteiger partial charge in [-0.1, -0.05) is 12.1 Å². The molecule has 0 aliphatic carbocycles. The second kappa shape index (κ2) is 6.98. The number of anilines is 1. The normalized spacial score (nSPS) is 11.5. The van der Waals surface area contributed by atoms with E-state index in [4.69, 9.17) is 5.73 Å². The number of nitrogen functional groups attached to an aromatic ring is 1. The minimum Gasteiger partial charge on any atom is -0.383 e. The van der Waals surface area contributed by atoms with Gasteiger partial charge in [0.15, 0.2) is 5.65 Å². The predicted octanol–water partition coefficient (Wildman–Crippen LogP) is 2.91. The molecule has 8 nitrogen and oxygen atoms in total. The van der Waals surface area contributed by atoms with Crippen molar-refractivity contribution in [2.75, 3.05) is 5.73 Å². The molecule has 0 saturated carbocycles. The minimum absolute atomic E-state index is 0.162. The van der Waals surface area contributed by atoms with E-state index in [1.807, 2.05) is 13.8 Å². The van der Waals surface area contributed by atoms with E-state index in [1.165, 1.54) is 17.0 Å². The first-order valence-corrected chi connectivity index (χ1v) is 9.64. The van der Waals surface area contributed by atoms with Crippen molar-refractivity contribution in [3.8, 4) is 5.69 Å². The van der Waals surface area contributed by atoms with Crippen LogP contribution >= 0.6 is 0 Å². The highest BCUT2D eigenvalue weighted by molar-refractivity contribution is 5.88. The Kier molecular flexibility index (Phi) is 4.25. The van der Waals surface area contributed by atoms with Crippen LogP contribution in [0.1, 0.15) is 17.0 Å². The molecular weight excluding hydrogens is 397 g/mol. The van der Waals surface area contributed by atoms with Crippen LogP contribution in [0.25, 0.3) is 27.6 Å². The molecule has 0 aliphatic rings. The largest absolute Gasteiger partial charge is 0.383 e. The molecule has 9 heteroatoms. The predicted molar refractivity (Wildman–Crippen MR) is 116 cm³/mol. The molecule has 1 aromatic carbocycles. The van der Waals surface area contributed by atoms with Crippen molar-refractivity contribution >= 4 is 27.8 Å². The number of benzene rings is 1. The fraction of sp³-hybridized carbons (Fsp3) is 0.136. The van der Waals surface area contributed by atoms with Gasteiger partial charge in [0.1, 0.15) is 18.0 Å². The third-order valence-corrected chi connectivity index (χ3v) is 5.33. The Hall–Kier alpha value is -4.14. The Balaban J connectivity index is 1.82. The average Bonchev–Trinajstić information content (AvgIpc) is 3.05. The maximum atomic E-state index is 14.7. The molecule has 0 fully saturated rings. The summed E-state index contributed by atoms with van der Waals surface area (Å²) in [6, 6.07) is 9.72. The number of aryl methyl sites for hydroxylation is 2. The highest BCUT2D eigenvalue weighted by Gasteiger charge is 2.19. The molecule has 0 spiro atoms. The van der Waals surface area contributed by atoms with E-state index < -0.39 is 5.82 Å². The Morgan fingerprint density at radius 3 is 2.68 bits per heavy atom. The Morgan fingerprint density at radius 2 is 1.87 bits per heavy atom. The molecule has 5 rings (SSSR count). The molecule has 0 aliphatic heterocycles. The number of nitrogens with two attached hydrogens (primary N) is 1. The van der Waals surface area contributed by atoms with E-state index in [0.29, 0.717) is 39.1 Å². The van der Waals surface area contributed by atoms with Crippen molar-refractivity contribution in [1.82, 2.24) is 29.3 Å². The molecule has 5 aromatic rings. The van der Waals surface area contributed by atoms with Crippen molar-refractivity contribution < 1.29 is 4.39 Å². The number of hydrogen-bond acceptors (Lipinski definition) is 6. The number of fused-ring (bicyclic) bond motifs is 2. The lowest BCUT2D eigenvalue weighted by atomic mass is 10.1. The van der Waals surface area contributed by atoms with Crippen LogP contribution in [-0.4, -0.2) is 29.3 Å². The third kappa shape index (κ3) is 2.93. The maximum absolute atomic E-state index is 14.7. The van der Waals surface area contributed by atoms with Crippen LogP contribution in [0.15, 0.2) is 53.7 Å². The van der Waals surface area contributed by atoms with Gasteiger partial charge in [-0.25, -0.2) is 19.0 Å². The van der Waals surface area contributed by atoms with Crippen molar-refractivity contribution in [2.24, 2.45) is 0 Å². The van der Waals surface area contributed by atoms with Gasteiger partial charge in [0, 0.05) is 6.20 Å². The molecule has 0 bridgehead atoms. The standard InChI is InChI=1S/C22H18FN7O/c1-12-7-8-25-16-9-14(10-29-21-19(13(2)28-29)20(24)26-11-27-21)30(22(31)18(12)16)17-6-4-3-5-15(17)23/h3-9,11H,10H2,1-2H3,(H2,24,26,27). The Bertz CT molecular complexity index is 1540. The summed E-state index contributed by atoms with van der Waals surface area (Å²) in [7, 11) is 0. The topological polar surface area (TPSA) is 105 Å². The number of hydrogen-bond donors (Lipinski definition) is 1. The van der Waals surface area contributed by atoms with Gasteiger partial charge in [-0.3, -0.25) is 14.3 Å².